The average Bonchev–Trinajstić information content (AvgIpc) is 3.14. The fourth-order valence-electron chi connectivity index (χ4n) is 3.46. The van der Waals surface area contributed by atoms with Crippen LogP contribution in [0.25, 0.3) is 23.1 Å². The van der Waals surface area contributed by atoms with Gasteiger partial charge in [-0.05, 0) is 48.6 Å². The molecule has 3 rings (SSSR count). The first-order chi connectivity index (χ1) is 15.1. The molecule has 0 bridgehead atoms. The highest BCUT2D eigenvalue weighted by Crippen LogP contribution is 2.24. The van der Waals surface area contributed by atoms with Gasteiger partial charge in [-0.15, -0.1) is 0 Å². The number of fused-ring (bicyclic) bond motifs is 1. The summed E-state index contributed by atoms with van der Waals surface area (Å²) in [4.78, 5) is 21.4. The molecule has 0 amide bonds. The Labute approximate surface area is 181 Å². The number of hydrogen-bond donors (Lipinski definition) is 0. The largest absolute Gasteiger partial charge is 0.463 e. The van der Waals surface area contributed by atoms with E-state index >= 15 is 0 Å². The number of ether oxygens (including phenoxy) is 1. The van der Waals surface area contributed by atoms with E-state index in [1.165, 1.54) is 29.1 Å². The van der Waals surface area contributed by atoms with Crippen LogP contribution >= 0.6 is 0 Å². The fraction of sp³-hybridized carbons (Fsp3) is 0.240. The molecule has 2 aromatic carbocycles. The van der Waals surface area contributed by atoms with Gasteiger partial charge in [-0.3, -0.25) is 10.1 Å². The number of nitro groups is 1. The maximum atomic E-state index is 11.0. The number of carbonyl (C=O) groups is 1. The molecule has 0 spiro atoms. The molecule has 3 aromatic rings. The van der Waals surface area contributed by atoms with Crippen molar-refractivity contribution in [2.45, 2.75) is 32.2 Å². The van der Waals surface area contributed by atoms with E-state index in [2.05, 4.69) is 29.5 Å². The zero-order valence-corrected chi connectivity index (χ0v) is 17.4. The van der Waals surface area contributed by atoms with Crippen LogP contribution in [-0.4, -0.2) is 22.1 Å². The van der Waals surface area contributed by atoms with Gasteiger partial charge >= 0.3 is 5.97 Å². The van der Waals surface area contributed by atoms with Crippen LogP contribution in [0.3, 0.4) is 0 Å². The summed E-state index contributed by atoms with van der Waals surface area (Å²) in [6, 6.07) is 14.8. The number of aryl methyl sites for hydroxylation is 1. The molecule has 0 saturated heterocycles. The lowest BCUT2D eigenvalue weighted by atomic mass is 10.1. The molecule has 0 N–H and O–H groups in total. The van der Waals surface area contributed by atoms with E-state index < -0.39 is 4.92 Å². The number of para-hydroxylation sites is 1. The summed E-state index contributed by atoms with van der Waals surface area (Å²) in [7, 11) is 0. The van der Waals surface area contributed by atoms with Gasteiger partial charge in [0.25, 0.3) is 5.69 Å². The maximum Gasteiger partial charge on any atom is 0.330 e. The van der Waals surface area contributed by atoms with E-state index in [-0.39, 0.29) is 11.7 Å². The highest BCUT2D eigenvalue weighted by Gasteiger charge is 2.07. The Balaban J connectivity index is 1.60. The van der Waals surface area contributed by atoms with Crippen LogP contribution in [0.1, 0.15) is 36.8 Å². The summed E-state index contributed by atoms with van der Waals surface area (Å²) >= 11 is 0. The van der Waals surface area contributed by atoms with Crippen molar-refractivity contribution in [3.8, 4) is 0 Å². The number of aromatic nitrogens is 1. The van der Waals surface area contributed by atoms with E-state index in [9.17, 15) is 14.9 Å². The Hall–Kier alpha value is -3.67. The number of hydrogen-bond acceptors (Lipinski definition) is 4. The summed E-state index contributed by atoms with van der Waals surface area (Å²) in [5.41, 5.74) is 3.31. The third-order valence-corrected chi connectivity index (χ3v) is 5.08. The van der Waals surface area contributed by atoms with Crippen molar-refractivity contribution in [3.63, 3.8) is 0 Å². The Bertz CT molecular complexity index is 1080. The molecule has 0 aliphatic heterocycles. The molecule has 0 fully saturated rings. The lowest BCUT2D eigenvalue weighted by molar-refractivity contribution is -0.384. The van der Waals surface area contributed by atoms with Gasteiger partial charge in [0.2, 0.25) is 0 Å². The smallest absolute Gasteiger partial charge is 0.330 e. The number of carbonyl (C=O) groups excluding carboxylic acids is 1. The van der Waals surface area contributed by atoms with Gasteiger partial charge in [-0.1, -0.05) is 43.4 Å². The van der Waals surface area contributed by atoms with E-state index in [4.69, 9.17) is 4.74 Å². The molecule has 0 radical (unpaired) electrons. The number of non-ortho nitro benzene ring substituents is 1. The van der Waals surface area contributed by atoms with Crippen molar-refractivity contribution >= 4 is 34.7 Å². The zero-order chi connectivity index (χ0) is 22.1. The third-order valence-electron chi connectivity index (χ3n) is 5.08. The van der Waals surface area contributed by atoms with Gasteiger partial charge in [0.15, 0.2) is 0 Å². The van der Waals surface area contributed by atoms with Gasteiger partial charge in [-0.25, -0.2) is 4.79 Å². The lowest BCUT2D eigenvalue weighted by Gasteiger charge is -2.05. The minimum Gasteiger partial charge on any atom is -0.463 e. The first kappa shape index (κ1) is 22.0. The minimum atomic E-state index is -0.394. The second-order valence-electron chi connectivity index (χ2n) is 7.26. The summed E-state index contributed by atoms with van der Waals surface area (Å²) in [6.07, 6.45) is 11.3. The normalized spacial score (nSPS) is 11.1. The maximum absolute atomic E-state index is 11.0. The molecule has 1 heterocycles. The van der Waals surface area contributed by atoms with Crippen molar-refractivity contribution in [2.75, 3.05) is 6.61 Å². The molecular formula is C25H26N2O4. The molecule has 0 aliphatic rings. The highest BCUT2D eigenvalue weighted by atomic mass is 16.6. The molecule has 0 unspecified atom stereocenters. The molecule has 160 valence electrons. The summed E-state index contributed by atoms with van der Waals surface area (Å²) in [5, 5.41) is 12.0. The van der Waals surface area contributed by atoms with Gasteiger partial charge < -0.3 is 9.30 Å². The molecular weight excluding hydrogens is 392 g/mol. The Morgan fingerprint density at radius 3 is 2.52 bits per heavy atom. The van der Waals surface area contributed by atoms with Crippen molar-refractivity contribution in [3.05, 3.63) is 88.6 Å². The van der Waals surface area contributed by atoms with E-state index in [1.54, 1.807) is 12.1 Å². The van der Waals surface area contributed by atoms with E-state index in [0.717, 1.165) is 43.4 Å². The second kappa shape index (κ2) is 10.9. The monoisotopic (exact) mass is 418 g/mol. The van der Waals surface area contributed by atoms with Crippen LogP contribution in [0.15, 0.2) is 67.4 Å². The van der Waals surface area contributed by atoms with Gasteiger partial charge in [0.1, 0.15) is 0 Å². The van der Waals surface area contributed by atoms with Crippen molar-refractivity contribution in [1.82, 2.24) is 4.57 Å². The molecule has 31 heavy (non-hydrogen) atoms. The summed E-state index contributed by atoms with van der Waals surface area (Å²) < 4.78 is 7.26. The van der Waals surface area contributed by atoms with Gasteiger partial charge in [-0.2, -0.15) is 0 Å². The number of rotatable bonds is 11. The van der Waals surface area contributed by atoms with Gasteiger partial charge in [0.05, 0.1) is 11.5 Å². The molecule has 1 aromatic heterocycles. The lowest BCUT2D eigenvalue weighted by Crippen LogP contribution is -2.02. The molecule has 0 saturated carbocycles. The molecule has 0 aliphatic carbocycles. The van der Waals surface area contributed by atoms with Crippen LogP contribution in [0.5, 0.6) is 0 Å². The minimum absolute atomic E-state index is 0.0904. The quantitative estimate of drug-likeness (QED) is 0.126. The highest BCUT2D eigenvalue weighted by molar-refractivity contribution is 5.92. The average molecular weight is 418 g/mol. The van der Waals surface area contributed by atoms with Crippen LogP contribution in [0.2, 0.25) is 0 Å². The predicted octanol–water partition coefficient (Wildman–Crippen LogP) is 6.01. The summed E-state index contributed by atoms with van der Waals surface area (Å²) in [6.45, 7) is 4.74. The van der Waals surface area contributed by atoms with Crippen molar-refractivity contribution in [2.24, 2.45) is 0 Å². The molecule has 0 atom stereocenters. The van der Waals surface area contributed by atoms with Crippen LogP contribution in [0.4, 0.5) is 5.69 Å². The fourth-order valence-corrected chi connectivity index (χ4v) is 3.46. The predicted molar refractivity (Wildman–Crippen MR) is 124 cm³/mol. The van der Waals surface area contributed by atoms with Crippen LogP contribution < -0.4 is 0 Å². The molecule has 6 nitrogen and oxygen atoms in total. The first-order valence-electron chi connectivity index (χ1n) is 10.4. The SMILES string of the molecule is C=CC(=O)OCCCCCCn1cc(/C=C/c2ccc([N+](=O)[O-])cc2)c2ccccc21. The number of benzene rings is 2. The third kappa shape index (κ3) is 6.15. The van der Waals surface area contributed by atoms with Crippen LogP contribution in [-0.2, 0) is 16.1 Å². The van der Waals surface area contributed by atoms with Gasteiger partial charge in [0, 0.05) is 41.9 Å². The topological polar surface area (TPSA) is 74.4 Å². The number of esters is 1. The van der Waals surface area contributed by atoms with Crippen molar-refractivity contribution < 1.29 is 14.5 Å². The number of unbranched alkanes of at least 4 members (excludes halogenated alkanes) is 3. The Kier molecular flexibility index (Phi) is 7.76. The Morgan fingerprint density at radius 2 is 1.77 bits per heavy atom. The van der Waals surface area contributed by atoms with Crippen LogP contribution in [0, 0.1) is 10.1 Å². The zero-order valence-electron chi connectivity index (χ0n) is 17.4. The second-order valence-corrected chi connectivity index (χ2v) is 7.26. The number of nitrogens with zero attached hydrogens (tertiary/aromatic N) is 2. The first-order valence-corrected chi connectivity index (χ1v) is 10.4. The molecule has 6 heteroatoms. The summed E-state index contributed by atoms with van der Waals surface area (Å²) in [5.74, 6) is -0.367. The number of nitro benzene ring substituents is 1. The standard InChI is InChI=1S/C25H26N2O4/c1-2-25(28)31-18-8-4-3-7-17-26-19-21(23-9-5-6-10-24(23)26)14-11-20-12-15-22(16-13-20)27(29)30/h2,5-6,9-16,19H,1,3-4,7-8,17-18H2/b14-11+. The van der Waals surface area contributed by atoms with E-state index in [1.807, 2.05) is 24.3 Å². The van der Waals surface area contributed by atoms with E-state index in [0.29, 0.717) is 6.61 Å². The van der Waals surface area contributed by atoms with Crippen molar-refractivity contribution in [1.29, 1.82) is 0 Å². The Morgan fingerprint density at radius 1 is 1.03 bits per heavy atom.